The molecule has 2 aromatic heterocycles. The summed E-state index contributed by atoms with van der Waals surface area (Å²) in [4.78, 5) is 16.3. The van der Waals surface area contributed by atoms with Crippen LogP contribution in [0.4, 0.5) is 0 Å². The van der Waals surface area contributed by atoms with Crippen LogP contribution in [0.1, 0.15) is 29.0 Å². The van der Waals surface area contributed by atoms with Crippen LogP contribution in [0.15, 0.2) is 41.7 Å². The molecular weight excluding hydrogens is 304 g/mol. The molecule has 22 heavy (non-hydrogen) atoms. The summed E-state index contributed by atoms with van der Waals surface area (Å²) in [6.07, 6.45) is 4.70. The maximum absolute atomic E-state index is 12.3. The fraction of sp³-hybridized carbons (Fsp3) is 0.286. The monoisotopic (exact) mass is 322 g/mol. The number of nitrogens with one attached hydrogen (secondary N) is 2. The minimum atomic E-state index is -3.57. The molecule has 0 saturated heterocycles. The smallest absolute Gasteiger partial charge is 0.268 e. The number of amides is 1. The van der Waals surface area contributed by atoms with Gasteiger partial charge in [-0.05, 0) is 37.7 Å². The van der Waals surface area contributed by atoms with Crippen molar-refractivity contribution in [2.24, 2.45) is 7.05 Å². The van der Waals surface area contributed by atoms with Crippen molar-refractivity contribution >= 4 is 15.9 Å². The largest absolute Gasteiger partial charge is 0.345 e. The molecule has 2 rings (SSSR count). The van der Waals surface area contributed by atoms with E-state index in [2.05, 4.69) is 15.0 Å². The third kappa shape index (κ3) is 3.34. The number of nitrogens with zero attached hydrogens (tertiary/aromatic N) is 2. The molecule has 0 bridgehead atoms. The predicted molar refractivity (Wildman–Crippen MR) is 81.8 cm³/mol. The van der Waals surface area contributed by atoms with Crippen LogP contribution in [0.3, 0.4) is 0 Å². The zero-order chi connectivity index (χ0) is 16.3. The molecule has 7 nitrogen and oxygen atoms in total. The Hall–Kier alpha value is -2.19. The first-order valence-electron chi connectivity index (χ1n) is 6.66. The van der Waals surface area contributed by atoms with E-state index >= 15 is 0 Å². The highest BCUT2D eigenvalue weighted by atomic mass is 32.2. The quantitative estimate of drug-likeness (QED) is 0.852. The standard InChI is InChI=1S/C14H18N4O3S/c1-10(11-4-6-16-7-5-11)17-14(19)13-8-12(9-18(13)3)22(20,21)15-2/h4-10,15H,1-3H3,(H,17,19). The number of carbonyl (C=O) groups is 1. The van der Waals surface area contributed by atoms with E-state index in [1.54, 1.807) is 19.4 Å². The van der Waals surface area contributed by atoms with Gasteiger partial charge in [0.15, 0.2) is 0 Å². The topological polar surface area (TPSA) is 93.1 Å². The number of hydrogen-bond donors (Lipinski definition) is 2. The van der Waals surface area contributed by atoms with Gasteiger partial charge in [0.2, 0.25) is 10.0 Å². The van der Waals surface area contributed by atoms with Crippen LogP contribution in [-0.4, -0.2) is 30.9 Å². The van der Waals surface area contributed by atoms with E-state index in [0.29, 0.717) is 0 Å². The van der Waals surface area contributed by atoms with Crippen molar-refractivity contribution in [1.29, 1.82) is 0 Å². The number of aromatic nitrogens is 2. The predicted octanol–water partition coefficient (Wildman–Crippen LogP) is 0.819. The lowest BCUT2D eigenvalue weighted by Gasteiger charge is -2.14. The van der Waals surface area contributed by atoms with E-state index in [1.807, 2.05) is 19.1 Å². The molecule has 0 spiro atoms. The Bertz CT molecular complexity index is 769. The summed E-state index contributed by atoms with van der Waals surface area (Å²) >= 11 is 0. The highest BCUT2D eigenvalue weighted by Crippen LogP contribution is 2.15. The van der Waals surface area contributed by atoms with Gasteiger partial charge < -0.3 is 9.88 Å². The summed E-state index contributed by atoms with van der Waals surface area (Å²) < 4.78 is 27.2. The molecule has 2 heterocycles. The van der Waals surface area contributed by atoms with Gasteiger partial charge in [0.1, 0.15) is 10.6 Å². The summed E-state index contributed by atoms with van der Waals surface area (Å²) in [5, 5.41) is 2.83. The van der Waals surface area contributed by atoms with Crippen LogP contribution in [0.5, 0.6) is 0 Å². The Morgan fingerprint density at radius 3 is 2.55 bits per heavy atom. The molecule has 2 N–H and O–H groups in total. The Morgan fingerprint density at radius 1 is 1.32 bits per heavy atom. The van der Waals surface area contributed by atoms with Gasteiger partial charge in [-0.2, -0.15) is 0 Å². The Balaban J connectivity index is 2.20. The van der Waals surface area contributed by atoms with Crippen LogP contribution < -0.4 is 10.0 Å². The second-order valence-corrected chi connectivity index (χ2v) is 6.74. The first-order valence-corrected chi connectivity index (χ1v) is 8.14. The van der Waals surface area contributed by atoms with Crippen molar-refractivity contribution in [1.82, 2.24) is 19.6 Å². The summed E-state index contributed by atoms with van der Waals surface area (Å²) in [5.41, 5.74) is 1.19. The van der Waals surface area contributed by atoms with E-state index in [0.717, 1.165) is 5.56 Å². The Kier molecular flexibility index (Phi) is 4.62. The maximum Gasteiger partial charge on any atom is 0.268 e. The van der Waals surface area contributed by atoms with E-state index in [4.69, 9.17) is 0 Å². The first kappa shape index (κ1) is 16.2. The number of pyridine rings is 1. The lowest BCUT2D eigenvalue weighted by atomic mass is 10.1. The summed E-state index contributed by atoms with van der Waals surface area (Å²) in [5.74, 6) is -0.343. The molecule has 0 aliphatic heterocycles. The molecule has 0 radical (unpaired) electrons. The average Bonchev–Trinajstić information content (AvgIpc) is 2.91. The SMILES string of the molecule is CNS(=O)(=O)c1cc(C(=O)NC(C)c2ccncc2)n(C)c1. The van der Waals surface area contributed by atoms with Crippen LogP contribution in [0.2, 0.25) is 0 Å². The number of aryl methyl sites for hydroxylation is 1. The van der Waals surface area contributed by atoms with Gasteiger partial charge in [-0.25, -0.2) is 13.1 Å². The molecule has 8 heteroatoms. The van der Waals surface area contributed by atoms with Crippen molar-refractivity contribution in [3.63, 3.8) is 0 Å². The fourth-order valence-electron chi connectivity index (χ4n) is 2.03. The van der Waals surface area contributed by atoms with Gasteiger partial charge in [-0.3, -0.25) is 9.78 Å². The lowest BCUT2D eigenvalue weighted by Crippen LogP contribution is -2.28. The molecule has 0 aliphatic rings. The number of sulfonamides is 1. The molecule has 0 saturated carbocycles. The van der Waals surface area contributed by atoms with Gasteiger partial charge in [-0.1, -0.05) is 0 Å². The molecule has 118 valence electrons. The second kappa shape index (κ2) is 6.29. The van der Waals surface area contributed by atoms with Gasteiger partial charge in [-0.15, -0.1) is 0 Å². The van der Waals surface area contributed by atoms with Gasteiger partial charge in [0.05, 0.1) is 6.04 Å². The normalized spacial score (nSPS) is 12.9. The van der Waals surface area contributed by atoms with Crippen molar-refractivity contribution in [2.75, 3.05) is 7.05 Å². The molecule has 1 amide bonds. The highest BCUT2D eigenvalue weighted by molar-refractivity contribution is 7.89. The Morgan fingerprint density at radius 2 is 1.95 bits per heavy atom. The zero-order valence-electron chi connectivity index (χ0n) is 12.6. The minimum Gasteiger partial charge on any atom is -0.345 e. The first-order chi connectivity index (χ1) is 10.3. The summed E-state index contributed by atoms with van der Waals surface area (Å²) in [7, 11) is -0.620. The number of hydrogen-bond acceptors (Lipinski definition) is 4. The van der Waals surface area contributed by atoms with Crippen LogP contribution in [0.25, 0.3) is 0 Å². The van der Waals surface area contributed by atoms with Crippen LogP contribution in [0, 0.1) is 0 Å². The van der Waals surface area contributed by atoms with Crippen LogP contribution in [-0.2, 0) is 17.1 Å². The fourth-order valence-corrected chi connectivity index (χ4v) is 2.83. The highest BCUT2D eigenvalue weighted by Gasteiger charge is 2.20. The lowest BCUT2D eigenvalue weighted by molar-refractivity contribution is 0.0931. The van der Waals surface area contributed by atoms with Crippen molar-refractivity contribution in [3.8, 4) is 0 Å². The number of carbonyl (C=O) groups excluding carboxylic acids is 1. The molecule has 1 atom stereocenters. The molecule has 0 aliphatic carbocycles. The molecule has 1 unspecified atom stereocenters. The Labute approximate surface area is 129 Å². The third-order valence-electron chi connectivity index (χ3n) is 3.35. The molecule has 0 aromatic carbocycles. The minimum absolute atomic E-state index is 0.0548. The van der Waals surface area contributed by atoms with Crippen LogP contribution >= 0.6 is 0 Å². The summed E-state index contributed by atoms with van der Waals surface area (Å²) in [6.45, 7) is 1.85. The van der Waals surface area contributed by atoms with Crippen molar-refractivity contribution < 1.29 is 13.2 Å². The molecule has 0 fully saturated rings. The van der Waals surface area contributed by atoms with Gasteiger partial charge >= 0.3 is 0 Å². The van der Waals surface area contributed by atoms with Crippen molar-refractivity contribution in [3.05, 3.63) is 48.0 Å². The second-order valence-electron chi connectivity index (χ2n) is 4.86. The molecular formula is C14H18N4O3S. The number of rotatable bonds is 5. The van der Waals surface area contributed by atoms with E-state index in [-0.39, 0.29) is 22.5 Å². The van der Waals surface area contributed by atoms with Gasteiger partial charge in [0.25, 0.3) is 5.91 Å². The molecule has 2 aromatic rings. The van der Waals surface area contributed by atoms with Crippen molar-refractivity contribution in [2.45, 2.75) is 17.9 Å². The summed E-state index contributed by atoms with van der Waals surface area (Å²) in [6, 6.07) is 4.76. The van der Waals surface area contributed by atoms with E-state index in [9.17, 15) is 13.2 Å². The average molecular weight is 322 g/mol. The van der Waals surface area contributed by atoms with E-state index < -0.39 is 10.0 Å². The van der Waals surface area contributed by atoms with E-state index in [1.165, 1.54) is 23.9 Å². The van der Waals surface area contributed by atoms with Gasteiger partial charge in [0, 0.05) is 25.6 Å². The third-order valence-corrected chi connectivity index (χ3v) is 4.73. The maximum atomic E-state index is 12.3. The zero-order valence-corrected chi connectivity index (χ0v) is 13.4.